The Hall–Kier alpha value is -2.24. The highest BCUT2D eigenvalue weighted by Crippen LogP contribution is 2.25. The van der Waals surface area contributed by atoms with Gasteiger partial charge in [0.05, 0.1) is 17.3 Å². The van der Waals surface area contributed by atoms with Gasteiger partial charge in [-0.2, -0.15) is 0 Å². The van der Waals surface area contributed by atoms with Gasteiger partial charge in [-0.05, 0) is 56.3 Å². The number of hydrogen-bond acceptors (Lipinski definition) is 3. The van der Waals surface area contributed by atoms with Crippen molar-refractivity contribution in [3.63, 3.8) is 0 Å². The second-order valence-corrected chi connectivity index (χ2v) is 6.42. The minimum Gasteiger partial charge on any atom is -0.375 e. The standard InChI is InChI=1S/C19H21Cl2N3O2/c1-3-24(4-2)19(26)13-5-8-15(9-6-13)23-18(25)12-22-17-10-7-14(20)11-16(17)21/h5-11,22H,3-4,12H2,1-2H3,(H,23,25). The van der Waals surface area contributed by atoms with Gasteiger partial charge in [-0.1, -0.05) is 23.2 Å². The van der Waals surface area contributed by atoms with E-state index in [0.717, 1.165) is 0 Å². The number of nitrogens with zero attached hydrogens (tertiary/aromatic N) is 1. The average Bonchev–Trinajstić information content (AvgIpc) is 2.62. The SMILES string of the molecule is CCN(CC)C(=O)c1ccc(NC(=O)CNc2ccc(Cl)cc2Cl)cc1. The number of carbonyl (C=O) groups excluding carboxylic acids is 2. The summed E-state index contributed by atoms with van der Waals surface area (Å²) in [5, 5.41) is 6.71. The molecule has 0 unspecified atom stereocenters. The third-order valence-electron chi connectivity index (χ3n) is 3.84. The first kappa shape index (κ1) is 20.1. The molecule has 0 bridgehead atoms. The topological polar surface area (TPSA) is 61.4 Å². The van der Waals surface area contributed by atoms with Crippen molar-refractivity contribution in [1.82, 2.24) is 4.90 Å². The highest BCUT2D eigenvalue weighted by molar-refractivity contribution is 6.36. The second-order valence-electron chi connectivity index (χ2n) is 5.58. The third-order valence-corrected chi connectivity index (χ3v) is 4.38. The number of halogens is 2. The molecule has 2 amide bonds. The zero-order valence-corrected chi connectivity index (χ0v) is 16.2. The predicted octanol–water partition coefficient (Wildman–Crippen LogP) is 4.53. The first-order valence-corrected chi connectivity index (χ1v) is 9.08. The number of anilines is 2. The van der Waals surface area contributed by atoms with Crippen LogP contribution in [0.5, 0.6) is 0 Å². The lowest BCUT2D eigenvalue weighted by Gasteiger charge is -2.18. The lowest BCUT2D eigenvalue weighted by Crippen LogP contribution is -2.30. The molecular formula is C19H21Cl2N3O2. The van der Waals surface area contributed by atoms with Crippen molar-refractivity contribution in [3.8, 4) is 0 Å². The van der Waals surface area contributed by atoms with Crippen LogP contribution in [0.2, 0.25) is 10.0 Å². The van der Waals surface area contributed by atoms with E-state index in [-0.39, 0.29) is 18.4 Å². The smallest absolute Gasteiger partial charge is 0.253 e. The molecule has 0 saturated heterocycles. The van der Waals surface area contributed by atoms with Crippen LogP contribution in [-0.2, 0) is 4.79 Å². The molecule has 0 aliphatic heterocycles. The van der Waals surface area contributed by atoms with Gasteiger partial charge < -0.3 is 15.5 Å². The summed E-state index contributed by atoms with van der Waals surface area (Å²) in [5.41, 5.74) is 1.85. The summed E-state index contributed by atoms with van der Waals surface area (Å²) in [6.45, 7) is 5.26. The molecule has 2 rings (SSSR count). The van der Waals surface area contributed by atoms with E-state index >= 15 is 0 Å². The van der Waals surface area contributed by atoms with E-state index in [9.17, 15) is 9.59 Å². The average molecular weight is 394 g/mol. The quantitative estimate of drug-likeness (QED) is 0.726. The van der Waals surface area contributed by atoms with Crippen LogP contribution in [-0.4, -0.2) is 36.3 Å². The van der Waals surface area contributed by atoms with Gasteiger partial charge in [0.2, 0.25) is 5.91 Å². The van der Waals surface area contributed by atoms with E-state index in [4.69, 9.17) is 23.2 Å². The van der Waals surface area contributed by atoms with Crippen molar-refractivity contribution in [2.75, 3.05) is 30.3 Å². The Morgan fingerprint density at radius 3 is 2.23 bits per heavy atom. The summed E-state index contributed by atoms with van der Waals surface area (Å²) in [7, 11) is 0. The molecule has 5 nitrogen and oxygen atoms in total. The maximum Gasteiger partial charge on any atom is 0.253 e. The van der Waals surface area contributed by atoms with Gasteiger partial charge in [-0.3, -0.25) is 9.59 Å². The van der Waals surface area contributed by atoms with Gasteiger partial charge in [0, 0.05) is 29.4 Å². The lowest BCUT2D eigenvalue weighted by molar-refractivity contribution is -0.114. The number of hydrogen-bond donors (Lipinski definition) is 2. The molecule has 0 fully saturated rings. The fraction of sp³-hybridized carbons (Fsp3) is 0.263. The molecule has 0 aromatic heterocycles. The zero-order chi connectivity index (χ0) is 19.1. The molecule has 0 radical (unpaired) electrons. The maximum absolute atomic E-state index is 12.3. The van der Waals surface area contributed by atoms with Crippen LogP contribution in [0.15, 0.2) is 42.5 Å². The van der Waals surface area contributed by atoms with E-state index < -0.39 is 0 Å². The molecular weight excluding hydrogens is 373 g/mol. The lowest BCUT2D eigenvalue weighted by atomic mass is 10.1. The van der Waals surface area contributed by atoms with Crippen molar-refractivity contribution < 1.29 is 9.59 Å². The van der Waals surface area contributed by atoms with Crippen molar-refractivity contribution in [2.45, 2.75) is 13.8 Å². The van der Waals surface area contributed by atoms with Gasteiger partial charge in [-0.15, -0.1) is 0 Å². The third kappa shape index (κ3) is 5.38. The van der Waals surface area contributed by atoms with Crippen molar-refractivity contribution in [3.05, 3.63) is 58.1 Å². The molecule has 138 valence electrons. The Balaban J connectivity index is 1.92. The van der Waals surface area contributed by atoms with E-state index in [1.165, 1.54) is 0 Å². The molecule has 0 spiro atoms. The van der Waals surface area contributed by atoms with E-state index in [1.54, 1.807) is 47.4 Å². The highest BCUT2D eigenvalue weighted by atomic mass is 35.5. The second kappa shape index (κ2) is 9.46. The number of amides is 2. The number of rotatable bonds is 7. The van der Waals surface area contributed by atoms with Crippen molar-refractivity contribution >= 4 is 46.4 Å². The summed E-state index contributed by atoms with van der Waals surface area (Å²) in [6.07, 6.45) is 0. The van der Waals surface area contributed by atoms with Crippen LogP contribution in [0.25, 0.3) is 0 Å². The molecule has 0 heterocycles. The minimum absolute atomic E-state index is 0.0214. The highest BCUT2D eigenvalue weighted by Gasteiger charge is 2.12. The van der Waals surface area contributed by atoms with Crippen LogP contribution in [0.3, 0.4) is 0 Å². The van der Waals surface area contributed by atoms with Gasteiger partial charge in [0.1, 0.15) is 0 Å². The zero-order valence-electron chi connectivity index (χ0n) is 14.7. The molecule has 2 N–H and O–H groups in total. The monoisotopic (exact) mass is 393 g/mol. The summed E-state index contributed by atoms with van der Waals surface area (Å²) in [4.78, 5) is 26.1. The summed E-state index contributed by atoms with van der Waals surface area (Å²) < 4.78 is 0. The Bertz CT molecular complexity index is 775. The molecule has 0 atom stereocenters. The normalized spacial score (nSPS) is 10.3. The summed E-state index contributed by atoms with van der Waals surface area (Å²) >= 11 is 11.9. The molecule has 0 aliphatic carbocycles. The first-order valence-electron chi connectivity index (χ1n) is 8.32. The predicted molar refractivity (Wildman–Crippen MR) is 107 cm³/mol. The molecule has 0 saturated carbocycles. The first-order chi connectivity index (χ1) is 12.4. The summed E-state index contributed by atoms with van der Waals surface area (Å²) in [5.74, 6) is -0.245. The van der Waals surface area contributed by atoms with Crippen LogP contribution in [0.1, 0.15) is 24.2 Å². The number of nitrogens with one attached hydrogen (secondary N) is 2. The summed E-state index contributed by atoms with van der Waals surface area (Å²) in [6, 6.07) is 11.9. The van der Waals surface area contributed by atoms with Crippen molar-refractivity contribution in [1.29, 1.82) is 0 Å². The van der Waals surface area contributed by atoms with E-state index in [1.807, 2.05) is 13.8 Å². The van der Waals surface area contributed by atoms with E-state index in [0.29, 0.717) is 40.1 Å². The Morgan fingerprint density at radius 2 is 1.65 bits per heavy atom. The Kier molecular flexibility index (Phi) is 7.30. The Morgan fingerprint density at radius 1 is 1.00 bits per heavy atom. The van der Waals surface area contributed by atoms with Crippen LogP contribution in [0, 0.1) is 0 Å². The van der Waals surface area contributed by atoms with Gasteiger partial charge >= 0.3 is 0 Å². The molecule has 7 heteroatoms. The van der Waals surface area contributed by atoms with Gasteiger partial charge in [0.25, 0.3) is 5.91 Å². The van der Waals surface area contributed by atoms with Crippen LogP contribution < -0.4 is 10.6 Å². The van der Waals surface area contributed by atoms with Gasteiger partial charge in [-0.25, -0.2) is 0 Å². The number of carbonyl (C=O) groups is 2. The Labute approximate surface area is 163 Å². The molecule has 2 aromatic carbocycles. The van der Waals surface area contributed by atoms with E-state index in [2.05, 4.69) is 10.6 Å². The molecule has 2 aromatic rings. The van der Waals surface area contributed by atoms with Gasteiger partial charge in [0.15, 0.2) is 0 Å². The fourth-order valence-corrected chi connectivity index (χ4v) is 2.88. The maximum atomic E-state index is 12.3. The molecule has 0 aliphatic rings. The molecule has 26 heavy (non-hydrogen) atoms. The van der Waals surface area contributed by atoms with Crippen LogP contribution in [0.4, 0.5) is 11.4 Å². The minimum atomic E-state index is -0.223. The largest absolute Gasteiger partial charge is 0.375 e. The fourth-order valence-electron chi connectivity index (χ4n) is 2.40. The van der Waals surface area contributed by atoms with Crippen LogP contribution >= 0.6 is 23.2 Å². The number of benzene rings is 2. The van der Waals surface area contributed by atoms with Crippen molar-refractivity contribution in [2.24, 2.45) is 0 Å².